The van der Waals surface area contributed by atoms with Crippen LogP contribution in [-0.4, -0.2) is 70.9 Å². The van der Waals surface area contributed by atoms with Crippen molar-refractivity contribution < 1.29 is 36.2 Å². The molecule has 2 unspecified atom stereocenters. The summed E-state index contributed by atoms with van der Waals surface area (Å²) in [5.74, 6) is -2.76. The minimum atomic E-state index is -5.08. The largest absolute Gasteiger partial charge is 0.490 e. The minimum absolute atomic E-state index is 0.101. The van der Waals surface area contributed by atoms with Crippen molar-refractivity contribution in [2.45, 2.75) is 35.7 Å². The van der Waals surface area contributed by atoms with Crippen molar-refractivity contribution in [3.63, 3.8) is 0 Å². The molecule has 0 aliphatic carbocycles. The Kier molecular flexibility index (Phi) is 6.81. The number of hydrogen-bond donors (Lipinski definition) is 2. The molecule has 0 radical (unpaired) electrons. The highest BCUT2D eigenvalue weighted by molar-refractivity contribution is 7.89. The zero-order valence-corrected chi connectivity index (χ0v) is 17.9. The summed E-state index contributed by atoms with van der Waals surface area (Å²) in [6, 6.07) is 10.2. The summed E-state index contributed by atoms with van der Waals surface area (Å²) < 4.78 is 66.4. The highest BCUT2D eigenvalue weighted by atomic mass is 32.2. The maximum atomic E-state index is 12.7. The van der Waals surface area contributed by atoms with Gasteiger partial charge in [-0.15, -0.1) is 0 Å². The van der Waals surface area contributed by atoms with Gasteiger partial charge in [-0.05, 0) is 18.6 Å². The van der Waals surface area contributed by atoms with E-state index in [1.807, 2.05) is 30.3 Å². The van der Waals surface area contributed by atoms with E-state index >= 15 is 0 Å². The third kappa shape index (κ3) is 5.58. The van der Waals surface area contributed by atoms with Crippen LogP contribution >= 0.6 is 0 Å². The summed E-state index contributed by atoms with van der Waals surface area (Å²) in [4.78, 5) is 12.9. The van der Waals surface area contributed by atoms with Gasteiger partial charge in [0.05, 0.1) is 24.6 Å². The molecule has 176 valence electrons. The van der Waals surface area contributed by atoms with E-state index < -0.39 is 27.8 Å². The number of hydrogen-bond acceptors (Lipinski definition) is 6. The number of rotatable bonds is 4. The van der Waals surface area contributed by atoms with Gasteiger partial charge in [-0.1, -0.05) is 18.2 Å². The number of ether oxygens (including phenoxy) is 1. The number of para-hydroxylation sites is 1. The molecule has 4 rings (SSSR count). The van der Waals surface area contributed by atoms with E-state index in [0.717, 1.165) is 12.1 Å². The Bertz CT molecular complexity index is 1040. The average Bonchev–Trinajstić information content (AvgIpc) is 3.44. The molecular formula is C19H23F3N4O5S. The van der Waals surface area contributed by atoms with Crippen LogP contribution in [0.4, 0.5) is 18.9 Å². The topological polar surface area (TPSA) is 114 Å². The van der Waals surface area contributed by atoms with Crippen LogP contribution in [0.3, 0.4) is 0 Å². The first-order chi connectivity index (χ1) is 14.9. The second kappa shape index (κ2) is 9.08. The van der Waals surface area contributed by atoms with E-state index in [-0.39, 0.29) is 11.1 Å². The Morgan fingerprint density at radius 1 is 1.31 bits per heavy atom. The van der Waals surface area contributed by atoms with Crippen LogP contribution in [0.25, 0.3) is 0 Å². The van der Waals surface area contributed by atoms with Crippen molar-refractivity contribution in [2.24, 2.45) is 7.05 Å². The number of aliphatic carboxylic acids is 1. The third-order valence-electron chi connectivity index (χ3n) is 5.16. The Morgan fingerprint density at radius 3 is 2.53 bits per heavy atom. The van der Waals surface area contributed by atoms with Crippen molar-refractivity contribution in [3.05, 3.63) is 42.9 Å². The van der Waals surface area contributed by atoms with Crippen LogP contribution in [-0.2, 0) is 26.6 Å². The highest BCUT2D eigenvalue weighted by Gasteiger charge is 2.49. The average molecular weight is 476 g/mol. The van der Waals surface area contributed by atoms with Crippen molar-refractivity contribution in [3.8, 4) is 0 Å². The second-order valence-corrected chi connectivity index (χ2v) is 9.56. The minimum Gasteiger partial charge on any atom is -0.475 e. The van der Waals surface area contributed by atoms with E-state index in [1.54, 1.807) is 11.6 Å². The number of sulfonamides is 1. The monoisotopic (exact) mass is 476 g/mol. The lowest BCUT2D eigenvalue weighted by Crippen LogP contribution is -2.36. The molecular weight excluding hydrogens is 453 g/mol. The van der Waals surface area contributed by atoms with E-state index in [0.29, 0.717) is 26.1 Å². The number of carbonyl (C=O) groups is 1. The van der Waals surface area contributed by atoms with Gasteiger partial charge in [0.15, 0.2) is 5.03 Å². The molecule has 2 saturated heterocycles. The normalized spacial score (nSPS) is 23.7. The highest BCUT2D eigenvalue weighted by Crippen LogP contribution is 2.38. The fraction of sp³-hybridized carbons (Fsp3) is 0.474. The van der Waals surface area contributed by atoms with Crippen LogP contribution < -0.4 is 5.32 Å². The third-order valence-corrected chi connectivity index (χ3v) is 6.89. The number of imidazole rings is 1. The van der Waals surface area contributed by atoms with Gasteiger partial charge < -0.3 is 19.7 Å². The van der Waals surface area contributed by atoms with Crippen LogP contribution in [0.2, 0.25) is 0 Å². The Labute approximate surface area is 182 Å². The molecule has 2 fully saturated rings. The molecule has 0 saturated carbocycles. The molecule has 0 amide bonds. The molecule has 2 atom stereocenters. The fourth-order valence-electron chi connectivity index (χ4n) is 3.66. The first-order valence-corrected chi connectivity index (χ1v) is 11.1. The quantitative estimate of drug-likeness (QED) is 0.695. The molecule has 3 heterocycles. The molecule has 1 aromatic carbocycles. The summed E-state index contributed by atoms with van der Waals surface area (Å²) in [5.41, 5.74) is 0.665. The van der Waals surface area contributed by atoms with Gasteiger partial charge in [-0.2, -0.15) is 17.5 Å². The van der Waals surface area contributed by atoms with Gasteiger partial charge in [0.2, 0.25) is 0 Å². The Hall–Kier alpha value is -2.64. The zero-order valence-electron chi connectivity index (χ0n) is 17.1. The number of carboxylic acid groups (broad SMARTS) is 1. The van der Waals surface area contributed by atoms with Crippen molar-refractivity contribution in [2.75, 3.05) is 25.0 Å². The van der Waals surface area contributed by atoms with Crippen LogP contribution in [0.15, 0.2) is 47.9 Å². The number of aromatic nitrogens is 2. The van der Waals surface area contributed by atoms with Gasteiger partial charge in [-0.25, -0.2) is 18.2 Å². The summed E-state index contributed by atoms with van der Waals surface area (Å²) >= 11 is 0. The van der Waals surface area contributed by atoms with Crippen LogP contribution in [0, 0.1) is 0 Å². The number of benzene rings is 1. The Balaban J connectivity index is 0.000000360. The van der Waals surface area contributed by atoms with Gasteiger partial charge in [-0.3, -0.25) is 0 Å². The summed E-state index contributed by atoms with van der Waals surface area (Å²) in [5, 5.41) is 10.7. The number of aryl methyl sites for hydroxylation is 1. The predicted octanol–water partition coefficient (Wildman–Crippen LogP) is 2.09. The van der Waals surface area contributed by atoms with Gasteiger partial charge in [0.1, 0.15) is 0 Å². The van der Waals surface area contributed by atoms with Crippen LogP contribution in [0.5, 0.6) is 0 Å². The number of nitrogens with zero attached hydrogens (tertiary/aromatic N) is 3. The van der Waals surface area contributed by atoms with E-state index in [2.05, 4.69) is 10.3 Å². The van der Waals surface area contributed by atoms with Crippen LogP contribution in [0.1, 0.15) is 12.8 Å². The summed E-state index contributed by atoms with van der Waals surface area (Å²) in [7, 11) is -1.80. The molecule has 2 aliphatic heterocycles. The fourth-order valence-corrected chi connectivity index (χ4v) is 5.14. The molecule has 13 heteroatoms. The van der Waals surface area contributed by atoms with E-state index in [1.165, 1.54) is 16.8 Å². The molecule has 1 spiro atoms. The van der Waals surface area contributed by atoms with Gasteiger partial charge in [0.25, 0.3) is 10.0 Å². The number of alkyl halides is 3. The molecule has 32 heavy (non-hydrogen) atoms. The summed E-state index contributed by atoms with van der Waals surface area (Å²) in [6.45, 7) is 1.45. The van der Waals surface area contributed by atoms with Crippen molar-refractivity contribution >= 4 is 21.7 Å². The Morgan fingerprint density at radius 2 is 1.97 bits per heavy atom. The first-order valence-electron chi connectivity index (χ1n) is 9.65. The van der Waals surface area contributed by atoms with Gasteiger partial charge in [0, 0.05) is 38.4 Å². The number of carboxylic acids is 1. The molecule has 0 bridgehead atoms. The number of halogens is 3. The second-order valence-electron chi connectivity index (χ2n) is 7.67. The maximum absolute atomic E-state index is 12.7. The number of anilines is 1. The van der Waals surface area contributed by atoms with E-state index in [4.69, 9.17) is 14.6 Å². The van der Waals surface area contributed by atoms with Gasteiger partial charge >= 0.3 is 12.1 Å². The molecule has 2 N–H and O–H groups in total. The lowest BCUT2D eigenvalue weighted by molar-refractivity contribution is -0.192. The molecule has 9 nitrogen and oxygen atoms in total. The maximum Gasteiger partial charge on any atom is 0.490 e. The smallest absolute Gasteiger partial charge is 0.475 e. The SMILES string of the molecule is Cn1cnc(S(=O)(=O)N2CCC3(CC(Nc4ccccc4)CO3)C2)c1.O=C(O)C(F)(F)F. The van der Waals surface area contributed by atoms with Crippen molar-refractivity contribution in [1.29, 1.82) is 0 Å². The lowest BCUT2D eigenvalue weighted by atomic mass is 9.97. The molecule has 2 aromatic rings. The number of nitrogens with one attached hydrogen (secondary N) is 1. The first kappa shape index (κ1) is 24.0. The molecule has 1 aromatic heterocycles. The van der Waals surface area contributed by atoms with Crippen molar-refractivity contribution in [1.82, 2.24) is 13.9 Å². The molecule has 2 aliphatic rings. The van der Waals surface area contributed by atoms with E-state index in [9.17, 15) is 21.6 Å². The predicted molar refractivity (Wildman–Crippen MR) is 107 cm³/mol. The standard InChI is InChI=1S/C17H22N4O3S.C2HF3O2/c1-20-10-16(18-13-20)25(22,23)21-8-7-17(12-21)9-15(11-24-17)19-14-5-3-2-4-6-14;3-2(4,5)1(6)7/h2-6,10,13,15,19H,7-9,11-12H2,1H3;(H,6,7). The zero-order chi connectivity index (χ0) is 23.6. The lowest BCUT2D eigenvalue weighted by Gasteiger charge is -2.23. The summed E-state index contributed by atoms with van der Waals surface area (Å²) in [6.07, 6.45) is -0.525.